The molecule has 1 amide bonds. The number of nitrogens with one attached hydrogen (secondary N) is 2. The van der Waals surface area contributed by atoms with Gasteiger partial charge in [-0.2, -0.15) is 0 Å². The van der Waals surface area contributed by atoms with E-state index in [9.17, 15) is 14.4 Å². The van der Waals surface area contributed by atoms with E-state index in [1.807, 2.05) is 13.8 Å². The fourth-order valence-electron chi connectivity index (χ4n) is 2.14. The second-order valence-electron chi connectivity index (χ2n) is 5.56. The van der Waals surface area contributed by atoms with Crippen molar-refractivity contribution >= 4 is 17.8 Å². The molecule has 23 heavy (non-hydrogen) atoms. The Kier molecular flexibility index (Phi) is 6.36. The van der Waals surface area contributed by atoms with Gasteiger partial charge in [0.25, 0.3) is 5.91 Å². The number of aromatic amines is 1. The van der Waals surface area contributed by atoms with Crippen LogP contribution < -0.4 is 5.32 Å². The predicted molar refractivity (Wildman–Crippen MR) is 84.4 cm³/mol. The summed E-state index contributed by atoms with van der Waals surface area (Å²) in [4.78, 5) is 38.8. The first-order valence-electron chi connectivity index (χ1n) is 7.56. The highest BCUT2D eigenvalue weighted by atomic mass is 16.5. The molecule has 0 bridgehead atoms. The number of amides is 1. The Morgan fingerprint density at radius 3 is 2.26 bits per heavy atom. The van der Waals surface area contributed by atoms with Gasteiger partial charge in [-0.15, -0.1) is 0 Å². The van der Waals surface area contributed by atoms with Crippen LogP contribution in [0, 0.1) is 13.8 Å². The lowest BCUT2D eigenvalue weighted by atomic mass is 10.1. The number of carbonyl (C=O) groups excluding carboxylic acids is 3. The molecule has 0 saturated carbocycles. The zero-order valence-corrected chi connectivity index (χ0v) is 14.4. The van der Waals surface area contributed by atoms with Gasteiger partial charge in [0.15, 0.2) is 6.10 Å². The maximum atomic E-state index is 12.2. The van der Waals surface area contributed by atoms with Crippen molar-refractivity contribution < 1.29 is 23.9 Å². The predicted octanol–water partition coefficient (Wildman–Crippen LogP) is 1.88. The minimum absolute atomic E-state index is 0.0477. The topological polar surface area (TPSA) is 97.5 Å². The van der Waals surface area contributed by atoms with E-state index in [0.29, 0.717) is 16.8 Å². The molecule has 0 spiro atoms. The molecule has 1 rings (SSSR count). The molecule has 1 aromatic heterocycles. The summed E-state index contributed by atoms with van der Waals surface area (Å²) in [6.07, 6.45) is -0.932. The van der Waals surface area contributed by atoms with Gasteiger partial charge in [0.2, 0.25) is 0 Å². The zero-order valence-electron chi connectivity index (χ0n) is 14.4. The molecule has 0 aliphatic heterocycles. The Hall–Kier alpha value is -2.31. The van der Waals surface area contributed by atoms with Gasteiger partial charge in [0, 0.05) is 11.7 Å². The van der Waals surface area contributed by atoms with E-state index in [-0.39, 0.29) is 24.2 Å². The normalized spacial score (nSPS) is 12.0. The van der Waals surface area contributed by atoms with E-state index in [4.69, 9.17) is 9.47 Å². The van der Waals surface area contributed by atoms with Crippen LogP contribution in [-0.2, 0) is 14.3 Å². The molecular weight excluding hydrogens is 300 g/mol. The summed E-state index contributed by atoms with van der Waals surface area (Å²) in [5.74, 6) is -1.56. The third-order valence-corrected chi connectivity index (χ3v) is 3.21. The van der Waals surface area contributed by atoms with Gasteiger partial charge in [-0.25, -0.2) is 9.59 Å². The molecule has 0 fully saturated rings. The molecule has 1 aromatic rings. The van der Waals surface area contributed by atoms with Crippen LogP contribution >= 0.6 is 0 Å². The summed E-state index contributed by atoms with van der Waals surface area (Å²) >= 11 is 0. The maximum absolute atomic E-state index is 12.2. The number of aryl methyl sites for hydroxylation is 1. The van der Waals surface area contributed by atoms with Crippen molar-refractivity contribution in [2.24, 2.45) is 0 Å². The number of rotatable bonds is 6. The lowest BCUT2D eigenvalue weighted by molar-refractivity contribution is -0.129. The molecular formula is C16H24N2O5. The van der Waals surface area contributed by atoms with Crippen molar-refractivity contribution in [3.8, 4) is 0 Å². The number of hydrogen-bond donors (Lipinski definition) is 2. The van der Waals surface area contributed by atoms with Gasteiger partial charge in [-0.05, 0) is 47.1 Å². The lowest BCUT2D eigenvalue weighted by Crippen LogP contribution is -2.39. The van der Waals surface area contributed by atoms with E-state index < -0.39 is 18.0 Å². The number of esters is 2. The molecule has 1 atom stereocenters. The molecule has 2 N–H and O–H groups in total. The Labute approximate surface area is 135 Å². The van der Waals surface area contributed by atoms with Crippen molar-refractivity contribution in [3.05, 3.63) is 22.5 Å². The quantitative estimate of drug-likeness (QED) is 0.779. The first kappa shape index (κ1) is 18.7. The molecule has 7 heteroatoms. The minimum Gasteiger partial charge on any atom is -0.462 e. The van der Waals surface area contributed by atoms with E-state index >= 15 is 0 Å². The van der Waals surface area contributed by atoms with E-state index in [2.05, 4.69) is 10.3 Å². The van der Waals surface area contributed by atoms with E-state index in [0.717, 1.165) is 0 Å². The highest BCUT2D eigenvalue weighted by Crippen LogP contribution is 2.20. The Morgan fingerprint density at radius 2 is 1.74 bits per heavy atom. The number of aromatic nitrogens is 1. The highest BCUT2D eigenvalue weighted by molar-refractivity contribution is 5.99. The molecule has 0 aliphatic carbocycles. The fraction of sp³-hybridized carbons (Fsp3) is 0.562. The Bertz CT molecular complexity index is 604. The largest absolute Gasteiger partial charge is 0.462 e. The summed E-state index contributed by atoms with van der Waals surface area (Å²) in [5.41, 5.74) is 1.43. The smallest absolute Gasteiger partial charge is 0.355 e. The second kappa shape index (κ2) is 7.80. The molecule has 0 radical (unpaired) electrons. The summed E-state index contributed by atoms with van der Waals surface area (Å²) in [6.45, 7) is 10.4. The molecule has 128 valence electrons. The average molecular weight is 324 g/mol. The van der Waals surface area contributed by atoms with E-state index in [1.165, 1.54) is 6.92 Å². The van der Waals surface area contributed by atoms with Crippen LogP contribution in [0.1, 0.15) is 59.8 Å². The SMILES string of the molecule is CCOC(=O)c1c(C)[nH]c(C(=O)O[C@@H](C)C(=O)NC(C)C)c1C. The molecule has 1 heterocycles. The average Bonchev–Trinajstić information content (AvgIpc) is 2.73. The van der Waals surface area contributed by atoms with Gasteiger partial charge < -0.3 is 19.8 Å². The standard InChI is InChI=1S/C16H24N2O5/c1-7-22-15(20)12-9(4)13(18-10(12)5)16(21)23-11(6)14(19)17-8(2)3/h8,11,18H,7H2,1-6H3,(H,17,19)/t11-/m0/s1. The van der Waals surface area contributed by atoms with Crippen molar-refractivity contribution in [1.29, 1.82) is 0 Å². The number of H-pyrrole nitrogens is 1. The summed E-state index contributed by atoms with van der Waals surface area (Å²) < 4.78 is 10.1. The molecule has 0 aliphatic rings. The number of ether oxygens (including phenoxy) is 2. The van der Waals surface area contributed by atoms with Crippen LogP contribution in [0.5, 0.6) is 0 Å². The van der Waals surface area contributed by atoms with Crippen LogP contribution in [0.4, 0.5) is 0 Å². The number of carbonyl (C=O) groups is 3. The van der Waals surface area contributed by atoms with Crippen molar-refractivity contribution in [3.63, 3.8) is 0 Å². The Morgan fingerprint density at radius 1 is 1.13 bits per heavy atom. The third kappa shape index (κ3) is 4.58. The highest BCUT2D eigenvalue weighted by Gasteiger charge is 2.26. The molecule has 0 aromatic carbocycles. The monoisotopic (exact) mass is 324 g/mol. The fourth-order valence-corrected chi connectivity index (χ4v) is 2.14. The molecule has 0 unspecified atom stereocenters. The molecule has 7 nitrogen and oxygen atoms in total. The van der Waals surface area contributed by atoms with Crippen molar-refractivity contribution in [2.45, 2.75) is 53.7 Å². The van der Waals surface area contributed by atoms with Gasteiger partial charge in [0.1, 0.15) is 5.69 Å². The summed E-state index contributed by atoms with van der Waals surface area (Å²) in [6, 6.07) is -0.0477. The van der Waals surface area contributed by atoms with Crippen molar-refractivity contribution in [2.75, 3.05) is 6.61 Å². The van der Waals surface area contributed by atoms with Gasteiger partial charge in [0.05, 0.1) is 12.2 Å². The number of hydrogen-bond acceptors (Lipinski definition) is 5. The van der Waals surface area contributed by atoms with Gasteiger partial charge in [-0.3, -0.25) is 4.79 Å². The maximum Gasteiger partial charge on any atom is 0.355 e. The first-order chi connectivity index (χ1) is 10.7. The van der Waals surface area contributed by atoms with Crippen LogP contribution in [0.2, 0.25) is 0 Å². The third-order valence-electron chi connectivity index (χ3n) is 3.21. The van der Waals surface area contributed by atoms with Crippen LogP contribution in [0.15, 0.2) is 0 Å². The van der Waals surface area contributed by atoms with Crippen LogP contribution in [0.3, 0.4) is 0 Å². The summed E-state index contributed by atoms with van der Waals surface area (Å²) in [7, 11) is 0. The van der Waals surface area contributed by atoms with Crippen LogP contribution in [0.25, 0.3) is 0 Å². The molecule has 0 saturated heterocycles. The minimum atomic E-state index is -0.932. The van der Waals surface area contributed by atoms with Gasteiger partial charge >= 0.3 is 11.9 Å². The van der Waals surface area contributed by atoms with Crippen LogP contribution in [-0.4, -0.2) is 41.6 Å². The van der Waals surface area contributed by atoms with E-state index in [1.54, 1.807) is 20.8 Å². The summed E-state index contributed by atoms with van der Waals surface area (Å²) in [5, 5.41) is 2.67. The van der Waals surface area contributed by atoms with Gasteiger partial charge in [-0.1, -0.05) is 0 Å². The second-order valence-corrected chi connectivity index (χ2v) is 5.56. The Balaban J connectivity index is 2.91. The zero-order chi connectivity index (χ0) is 17.7. The van der Waals surface area contributed by atoms with Crippen molar-refractivity contribution in [1.82, 2.24) is 10.3 Å². The first-order valence-corrected chi connectivity index (χ1v) is 7.56. The lowest BCUT2D eigenvalue weighted by Gasteiger charge is -2.15.